The summed E-state index contributed by atoms with van der Waals surface area (Å²) in [6.45, 7) is 4.57. The van der Waals surface area contributed by atoms with Gasteiger partial charge in [0.05, 0.1) is 5.56 Å². The Morgan fingerprint density at radius 1 is 0.935 bits per heavy atom. The normalized spacial score (nSPS) is 14.6. The smallest absolute Gasteiger partial charge is 0.339 e. The lowest BCUT2D eigenvalue weighted by molar-refractivity contribution is -0.134. The predicted octanol–water partition coefficient (Wildman–Crippen LogP) is 3.63. The molecule has 31 heavy (non-hydrogen) atoms. The molecule has 2 aromatic carbocycles. The van der Waals surface area contributed by atoms with Crippen molar-refractivity contribution < 1.29 is 26.9 Å². The molecule has 0 bridgehead atoms. The van der Waals surface area contributed by atoms with E-state index < -0.39 is 16.1 Å². The molecule has 166 valence electrons. The molecule has 1 fully saturated rings. The van der Waals surface area contributed by atoms with Crippen LogP contribution in [0.5, 0.6) is 5.75 Å². The van der Waals surface area contributed by atoms with Crippen LogP contribution in [0.3, 0.4) is 0 Å². The lowest BCUT2D eigenvalue weighted by Gasteiger charge is -2.19. The van der Waals surface area contributed by atoms with Crippen LogP contribution in [0.4, 0.5) is 0 Å². The third-order valence-electron chi connectivity index (χ3n) is 5.19. The first-order chi connectivity index (χ1) is 14.8. The van der Waals surface area contributed by atoms with E-state index in [0.29, 0.717) is 18.7 Å². The molecule has 0 saturated carbocycles. The van der Waals surface area contributed by atoms with Gasteiger partial charge < -0.3 is 13.8 Å². The van der Waals surface area contributed by atoms with Crippen LogP contribution in [0.2, 0.25) is 0 Å². The van der Waals surface area contributed by atoms with Crippen molar-refractivity contribution in [2.75, 3.05) is 19.7 Å². The predicted molar refractivity (Wildman–Crippen MR) is 116 cm³/mol. The van der Waals surface area contributed by atoms with Crippen LogP contribution in [-0.2, 0) is 19.6 Å². The van der Waals surface area contributed by atoms with Gasteiger partial charge in [0.15, 0.2) is 6.61 Å². The maximum absolute atomic E-state index is 12.6. The summed E-state index contributed by atoms with van der Waals surface area (Å²) in [7, 11) is -4.00. The van der Waals surface area contributed by atoms with Crippen LogP contribution in [0.25, 0.3) is 0 Å². The molecule has 3 rings (SSSR count). The standard InChI is InChI=1S/C23H27NO6S/c1-17-7-8-18(2)21(15-17)31(27,28)30-20-11-9-19(10-12-20)23(26)29-16-22(25)24-13-5-3-4-6-14-24/h7-12,15H,3-6,13-14,16H2,1-2H3. The minimum Gasteiger partial charge on any atom is -0.452 e. The van der Waals surface area contributed by atoms with Crippen LogP contribution in [0.1, 0.15) is 47.2 Å². The summed E-state index contributed by atoms with van der Waals surface area (Å²) in [6.07, 6.45) is 4.15. The fourth-order valence-electron chi connectivity index (χ4n) is 3.42. The lowest BCUT2D eigenvalue weighted by atomic mass is 10.2. The van der Waals surface area contributed by atoms with Gasteiger partial charge in [0.1, 0.15) is 10.6 Å². The number of likely N-dealkylation sites (tertiary alicyclic amines) is 1. The first-order valence-electron chi connectivity index (χ1n) is 10.3. The average Bonchev–Trinajstić information content (AvgIpc) is 3.03. The van der Waals surface area contributed by atoms with Gasteiger partial charge in [-0.25, -0.2) is 4.79 Å². The number of esters is 1. The SMILES string of the molecule is Cc1ccc(C)c(S(=O)(=O)Oc2ccc(C(=O)OCC(=O)N3CCCCCC3)cc2)c1. The van der Waals surface area contributed by atoms with E-state index >= 15 is 0 Å². The van der Waals surface area contributed by atoms with Crippen molar-refractivity contribution in [3.63, 3.8) is 0 Å². The summed E-state index contributed by atoms with van der Waals surface area (Å²) >= 11 is 0. The van der Waals surface area contributed by atoms with E-state index in [-0.39, 0.29) is 28.7 Å². The van der Waals surface area contributed by atoms with Crippen LogP contribution in [0.15, 0.2) is 47.4 Å². The van der Waals surface area contributed by atoms with Gasteiger partial charge >= 0.3 is 16.1 Å². The lowest BCUT2D eigenvalue weighted by Crippen LogP contribution is -2.35. The third-order valence-corrected chi connectivity index (χ3v) is 6.58. The number of aryl methyl sites for hydroxylation is 2. The van der Waals surface area contributed by atoms with Crippen LogP contribution < -0.4 is 4.18 Å². The number of hydrogen-bond donors (Lipinski definition) is 0. The summed E-state index contributed by atoms with van der Waals surface area (Å²) in [5.41, 5.74) is 1.60. The number of carbonyl (C=O) groups excluding carboxylic acids is 2. The molecule has 1 amide bonds. The quantitative estimate of drug-likeness (QED) is 0.498. The molecule has 0 unspecified atom stereocenters. The molecule has 0 radical (unpaired) electrons. The average molecular weight is 446 g/mol. The molecule has 1 saturated heterocycles. The fraction of sp³-hybridized carbons (Fsp3) is 0.391. The molecule has 0 spiro atoms. The van der Waals surface area contributed by atoms with E-state index in [4.69, 9.17) is 8.92 Å². The van der Waals surface area contributed by atoms with E-state index in [1.54, 1.807) is 30.9 Å². The molecule has 8 heteroatoms. The van der Waals surface area contributed by atoms with Crippen LogP contribution >= 0.6 is 0 Å². The molecule has 0 atom stereocenters. The zero-order valence-corrected chi connectivity index (χ0v) is 18.6. The van der Waals surface area contributed by atoms with E-state index in [1.807, 2.05) is 6.07 Å². The first kappa shape index (κ1) is 22.8. The van der Waals surface area contributed by atoms with E-state index in [9.17, 15) is 18.0 Å². The van der Waals surface area contributed by atoms with Crippen molar-refractivity contribution >= 4 is 22.0 Å². The summed E-state index contributed by atoms with van der Waals surface area (Å²) in [4.78, 5) is 26.3. The highest BCUT2D eigenvalue weighted by atomic mass is 32.2. The Bertz CT molecular complexity index is 1040. The minimum atomic E-state index is -4.00. The Morgan fingerprint density at radius 3 is 2.23 bits per heavy atom. The Kier molecular flexibility index (Phi) is 7.33. The van der Waals surface area contributed by atoms with E-state index in [2.05, 4.69) is 0 Å². The van der Waals surface area contributed by atoms with E-state index in [0.717, 1.165) is 31.2 Å². The molecule has 0 N–H and O–H groups in total. The van der Waals surface area contributed by atoms with Crippen molar-refractivity contribution in [1.82, 2.24) is 4.90 Å². The number of nitrogens with zero attached hydrogens (tertiary/aromatic N) is 1. The molecule has 2 aromatic rings. The zero-order chi connectivity index (χ0) is 22.4. The first-order valence-corrected chi connectivity index (χ1v) is 11.7. The maximum atomic E-state index is 12.6. The van der Waals surface area contributed by atoms with Crippen molar-refractivity contribution in [2.24, 2.45) is 0 Å². The molecule has 1 aliphatic heterocycles. The Hall–Kier alpha value is -2.87. The summed E-state index contributed by atoms with van der Waals surface area (Å²) < 4.78 is 35.5. The second-order valence-electron chi connectivity index (χ2n) is 7.70. The Balaban J connectivity index is 1.59. The van der Waals surface area contributed by atoms with E-state index in [1.165, 1.54) is 24.3 Å². The highest BCUT2D eigenvalue weighted by Crippen LogP contribution is 2.23. The third kappa shape index (κ3) is 6.07. The molecule has 0 aromatic heterocycles. The van der Waals surface area contributed by atoms with Gasteiger partial charge in [-0.1, -0.05) is 25.0 Å². The van der Waals surface area contributed by atoms with Gasteiger partial charge in [-0.05, 0) is 68.1 Å². The number of benzene rings is 2. The second-order valence-corrected chi connectivity index (χ2v) is 9.22. The summed E-state index contributed by atoms with van der Waals surface area (Å²) in [6, 6.07) is 10.7. The van der Waals surface area contributed by atoms with Crippen molar-refractivity contribution in [1.29, 1.82) is 0 Å². The van der Waals surface area contributed by atoms with Gasteiger partial charge in [0.2, 0.25) is 0 Å². The van der Waals surface area contributed by atoms with Gasteiger partial charge in [0.25, 0.3) is 5.91 Å². The number of carbonyl (C=O) groups is 2. The van der Waals surface area contributed by atoms with Gasteiger partial charge in [-0.3, -0.25) is 4.79 Å². The highest BCUT2D eigenvalue weighted by molar-refractivity contribution is 7.87. The van der Waals surface area contributed by atoms with Crippen LogP contribution in [-0.4, -0.2) is 44.9 Å². The number of amides is 1. The summed E-state index contributed by atoms with van der Waals surface area (Å²) in [5, 5.41) is 0. The summed E-state index contributed by atoms with van der Waals surface area (Å²) in [5.74, 6) is -0.764. The van der Waals surface area contributed by atoms with Crippen LogP contribution in [0, 0.1) is 13.8 Å². The van der Waals surface area contributed by atoms with Crippen molar-refractivity contribution in [3.05, 3.63) is 59.2 Å². The van der Waals surface area contributed by atoms with Crippen molar-refractivity contribution in [2.45, 2.75) is 44.4 Å². The topological polar surface area (TPSA) is 90.0 Å². The second kappa shape index (κ2) is 9.96. The molecular formula is C23H27NO6S. The monoisotopic (exact) mass is 445 g/mol. The number of rotatable bonds is 6. The molecule has 1 heterocycles. The number of ether oxygens (including phenoxy) is 1. The maximum Gasteiger partial charge on any atom is 0.339 e. The Labute approximate surface area is 183 Å². The minimum absolute atomic E-state index is 0.0816. The van der Waals surface area contributed by atoms with Gasteiger partial charge in [-0.2, -0.15) is 8.42 Å². The number of hydrogen-bond acceptors (Lipinski definition) is 6. The molecule has 7 nitrogen and oxygen atoms in total. The molecule has 0 aliphatic carbocycles. The fourth-order valence-corrected chi connectivity index (χ4v) is 4.66. The Morgan fingerprint density at radius 2 is 1.58 bits per heavy atom. The zero-order valence-electron chi connectivity index (χ0n) is 17.8. The highest BCUT2D eigenvalue weighted by Gasteiger charge is 2.21. The van der Waals surface area contributed by atoms with Gasteiger partial charge in [-0.15, -0.1) is 0 Å². The largest absolute Gasteiger partial charge is 0.452 e. The molecule has 1 aliphatic rings. The van der Waals surface area contributed by atoms with Crippen molar-refractivity contribution in [3.8, 4) is 5.75 Å². The molecular weight excluding hydrogens is 418 g/mol. The van der Waals surface area contributed by atoms with Gasteiger partial charge in [0, 0.05) is 13.1 Å².